The quantitative estimate of drug-likeness (QED) is 0.324. The lowest BCUT2D eigenvalue weighted by Gasteiger charge is -2.23. The predicted octanol–water partition coefficient (Wildman–Crippen LogP) is 2.91. The van der Waals surface area contributed by atoms with Gasteiger partial charge in [-0.2, -0.15) is 0 Å². The largest absolute Gasteiger partial charge is 0.496 e. The van der Waals surface area contributed by atoms with Crippen molar-refractivity contribution in [1.82, 2.24) is 10.2 Å². The van der Waals surface area contributed by atoms with E-state index in [0.717, 1.165) is 31.0 Å². The normalized spacial score (nSPS) is 16.2. The Balaban J connectivity index is 0.00000312. The van der Waals surface area contributed by atoms with Crippen LogP contribution in [-0.2, 0) is 11.3 Å². The molecule has 25 heavy (non-hydrogen) atoms. The maximum Gasteiger partial charge on any atom is 0.341 e. The molecule has 0 atom stereocenters. The molecule has 1 saturated heterocycles. The second-order valence-electron chi connectivity index (χ2n) is 6.76. The van der Waals surface area contributed by atoms with Gasteiger partial charge in [0, 0.05) is 26.7 Å². The zero-order valence-corrected chi connectivity index (χ0v) is 17.9. The lowest BCUT2D eigenvalue weighted by molar-refractivity contribution is 0.0597. The average molecular weight is 461 g/mol. The molecule has 0 aliphatic carbocycles. The highest BCUT2D eigenvalue weighted by Gasteiger charge is 2.30. The molecule has 1 fully saturated rings. The molecule has 0 bridgehead atoms. The predicted molar refractivity (Wildman–Crippen MR) is 110 cm³/mol. The summed E-state index contributed by atoms with van der Waals surface area (Å²) in [7, 11) is 4.70. The van der Waals surface area contributed by atoms with E-state index in [1.54, 1.807) is 19.2 Å². The van der Waals surface area contributed by atoms with Gasteiger partial charge in [0.15, 0.2) is 5.96 Å². The molecule has 6 nitrogen and oxygen atoms in total. The van der Waals surface area contributed by atoms with Crippen LogP contribution in [0.4, 0.5) is 0 Å². The number of nitrogens with one attached hydrogen (secondary N) is 1. The number of methoxy groups -OCH3 is 2. The molecule has 0 unspecified atom stereocenters. The molecule has 1 aromatic rings. The number of benzene rings is 1. The number of hydrogen-bond acceptors (Lipinski definition) is 4. The van der Waals surface area contributed by atoms with E-state index in [4.69, 9.17) is 9.47 Å². The number of guanidine groups is 1. The van der Waals surface area contributed by atoms with Gasteiger partial charge in [0.1, 0.15) is 11.3 Å². The lowest BCUT2D eigenvalue weighted by Crippen LogP contribution is -2.40. The van der Waals surface area contributed by atoms with Crippen molar-refractivity contribution >= 4 is 35.9 Å². The third-order valence-corrected chi connectivity index (χ3v) is 4.31. The molecule has 7 heteroatoms. The Kier molecular flexibility index (Phi) is 7.98. The summed E-state index contributed by atoms with van der Waals surface area (Å²) in [4.78, 5) is 18.5. The molecular weight excluding hydrogens is 433 g/mol. The van der Waals surface area contributed by atoms with Crippen LogP contribution in [0, 0.1) is 5.41 Å². The van der Waals surface area contributed by atoms with Crippen molar-refractivity contribution in [3.8, 4) is 5.75 Å². The molecule has 1 aromatic carbocycles. The molecule has 140 valence electrons. The summed E-state index contributed by atoms with van der Waals surface area (Å²) in [5.41, 5.74) is 1.71. The molecule has 1 aliphatic heterocycles. The fraction of sp³-hybridized carbons (Fsp3) is 0.556. The van der Waals surface area contributed by atoms with Crippen LogP contribution >= 0.6 is 24.0 Å². The van der Waals surface area contributed by atoms with Crippen LogP contribution in [0.25, 0.3) is 0 Å². The van der Waals surface area contributed by atoms with E-state index in [1.165, 1.54) is 14.2 Å². The average Bonchev–Trinajstić information content (AvgIpc) is 2.94. The first-order valence-corrected chi connectivity index (χ1v) is 8.11. The Hall–Kier alpha value is -1.51. The van der Waals surface area contributed by atoms with Gasteiger partial charge in [0.05, 0.1) is 14.2 Å². The van der Waals surface area contributed by atoms with Crippen molar-refractivity contribution in [2.75, 3.05) is 34.4 Å². The highest BCUT2D eigenvalue weighted by molar-refractivity contribution is 14.0. The number of hydrogen-bond donors (Lipinski definition) is 1. The van der Waals surface area contributed by atoms with E-state index in [-0.39, 0.29) is 24.0 Å². The number of likely N-dealkylation sites (tertiary alicyclic amines) is 1. The molecule has 0 saturated carbocycles. The van der Waals surface area contributed by atoms with E-state index in [0.29, 0.717) is 23.3 Å². The Morgan fingerprint density at radius 3 is 2.60 bits per heavy atom. The Bertz CT molecular complexity index is 632. The van der Waals surface area contributed by atoms with Gasteiger partial charge < -0.3 is 19.7 Å². The van der Waals surface area contributed by atoms with Crippen molar-refractivity contribution in [3.05, 3.63) is 29.3 Å². The van der Waals surface area contributed by atoms with Gasteiger partial charge >= 0.3 is 5.97 Å². The van der Waals surface area contributed by atoms with E-state index < -0.39 is 5.97 Å². The number of halogens is 1. The Morgan fingerprint density at radius 2 is 2.08 bits per heavy atom. The summed E-state index contributed by atoms with van der Waals surface area (Å²) >= 11 is 0. The highest BCUT2D eigenvalue weighted by atomic mass is 127. The van der Waals surface area contributed by atoms with Gasteiger partial charge in [-0.3, -0.25) is 4.99 Å². The number of nitrogens with zero attached hydrogens (tertiary/aromatic N) is 2. The highest BCUT2D eigenvalue weighted by Crippen LogP contribution is 2.28. The van der Waals surface area contributed by atoms with Crippen molar-refractivity contribution in [2.45, 2.75) is 26.8 Å². The van der Waals surface area contributed by atoms with Gasteiger partial charge in [-0.1, -0.05) is 19.9 Å². The van der Waals surface area contributed by atoms with Crippen LogP contribution < -0.4 is 10.1 Å². The minimum atomic E-state index is -0.403. The number of carbonyl (C=O) groups excluding carboxylic acids is 1. The first-order valence-electron chi connectivity index (χ1n) is 8.11. The molecule has 1 N–H and O–H groups in total. The van der Waals surface area contributed by atoms with Gasteiger partial charge in [-0.25, -0.2) is 4.79 Å². The van der Waals surface area contributed by atoms with E-state index in [1.807, 2.05) is 6.07 Å². The summed E-state index contributed by atoms with van der Waals surface area (Å²) in [5, 5.41) is 3.37. The zero-order valence-electron chi connectivity index (χ0n) is 15.6. The zero-order chi connectivity index (χ0) is 17.7. The van der Waals surface area contributed by atoms with Crippen LogP contribution in [0.2, 0.25) is 0 Å². The molecule has 0 amide bonds. The number of carbonyl (C=O) groups is 1. The Morgan fingerprint density at radius 1 is 1.36 bits per heavy atom. The number of aliphatic imine (C=N–C) groups is 1. The van der Waals surface area contributed by atoms with E-state index in [2.05, 4.69) is 29.1 Å². The standard InChI is InChI=1S/C18H27N3O3.HI/c1-18(2)8-9-21(12-18)17(19-3)20-11-13-6-7-15(23-4)14(10-13)16(22)24-5;/h6-7,10H,8-9,11-12H2,1-5H3,(H,19,20);1H. The van der Waals surface area contributed by atoms with Crippen molar-refractivity contribution < 1.29 is 14.3 Å². The second kappa shape index (κ2) is 9.26. The molecule has 0 spiro atoms. The smallest absolute Gasteiger partial charge is 0.341 e. The van der Waals surface area contributed by atoms with Crippen LogP contribution in [0.5, 0.6) is 5.75 Å². The fourth-order valence-electron chi connectivity index (χ4n) is 2.94. The van der Waals surface area contributed by atoms with Crippen molar-refractivity contribution in [3.63, 3.8) is 0 Å². The third kappa shape index (κ3) is 5.49. The maximum absolute atomic E-state index is 11.9. The summed E-state index contributed by atoms with van der Waals surface area (Å²) in [6, 6.07) is 5.50. The van der Waals surface area contributed by atoms with E-state index in [9.17, 15) is 4.79 Å². The minimum Gasteiger partial charge on any atom is -0.496 e. The fourth-order valence-corrected chi connectivity index (χ4v) is 2.94. The second-order valence-corrected chi connectivity index (χ2v) is 6.76. The van der Waals surface area contributed by atoms with Gasteiger partial charge in [-0.15, -0.1) is 24.0 Å². The van der Waals surface area contributed by atoms with Gasteiger partial charge in [0.25, 0.3) is 0 Å². The Labute approximate surface area is 167 Å². The number of ether oxygens (including phenoxy) is 2. The van der Waals surface area contributed by atoms with E-state index >= 15 is 0 Å². The van der Waals surface area contributed by atoms with Crippen molar-refractivity contribution in [2.24, 2.45) is 10.4 Å². The molecule has 1 heterocycles. The maximum atomic E-state index is 11.9. The summed E-state index contributed by atoms with van der Waals surface area (Å²) in [5.74, 6) is 0.992. The monoisotopic (exact) mass is 461 g/mol. The summed E-state index contributed by atoms with van der Waals surface area (Å²) in [6.07, 6.45) is 1.16. The lowest BCUT2D eigenvalue weighted by atomic mass is 9.93. The number of rotatable bonds is 4. The van der Waals surface area contributed by atoms with Crippen LogP contribution in [-0.4, -0.2) is 51.2 Å². The molecular formula is C18H28IN3O3. The molecule has 2 rings (SSSR count). The first kappa shape index (κ1) is 21.5. The summed E-state index contributed by atoms with van der Waals surface area (Å²) < 4.78 is 10.0. The first-order chi connectivity index (χ1) is 11.4. The SMILES string of the molecule is CN=C(NCc1ccc(OC)c(C(=O)OC)c1)N1CCC(C)(C)C1.I. The minimum absolute atomic E-state index is 0. The number of esters is 1. The molecule has 1 aliphatic rings. The topological polar surface area (TPSA) is 63.2 Å². The van der Waals surface area contributed by atoms with Crippen LogP contribution in [0.1, 0.15) is 36.2 Å². The summed E-state index contributed by atoms with van der Waals surface area (Å²) in [6.45, 7) is 7.11. The molecule has 0 radical (unpaired) electrons. The van der Waals surface area contributed by atoms with Gasteiger partial charge in [-0.05, 0) is 29.5 Å². The van der Waals surface area contributed by atoms with Gasteiger partial charge in [0.2, 0.25) is 0 Å². The van der Waals surface area contributed by atoms with Crippen LogP contribution in [0.15, 0.2) is 23.2 Å². The third-order valence-electron chi connectivity index (χ3n) is 4.31. The molecule has 0 aromatic heterocycles. The van der Waals surface area contributed by atoms with Crippen LogP contribution in [0.3, 0.4) is 0 Å². The van der Waals surface area contributed by atoms with Crippen molar-refractivity contribution in [1.29, 1.82) is 0 Å².